The van der Waals surface area contributed by atoms with E-state index in [-0.39, 0.29) is 0 Å². The summed E-state index contributed by atoms with van der Waals surface area (Å²) in [4.78, 5) is 11.1. The van der Waals surface area contributed by atoms with Crippen molar-refractivity contribution < 1.29 is 0 Å². The maximum atomic E-state index is 4.56. The average Bonchev–Trinajstić information content (AvgIpc) is 2.40. The monoisotopic (exact) mass is 242 g/mol. The van der Waals surface area contributed by atoms with E-state index in [0.29, 0.717) is 0 Å². The van der Waals surface area contributed by atoms with E-state index >= 15 is 0 Å². The van der Waals surface area contributed by atoms with Crippen LogP contribution in [0.25, 0.3) is 11.4 Å². The molecule has 0 aliphatic heterocycles. The van der Waals surface area contributed by atoms with Crippen LogP contribution in [-0.2, 0) is 0 Å². The van der Waals surface area contributed by atoms with Crippen molar-refractivity contribution in [3.8, 4) is 11.4 Å². The highest BCUT2D eigenvalue weighted by atomic mass is 15.2. The third kappa shape index (κ3) is 2.77. The SMILES string of the molecule is CCNc1cc(N(C)C)nc(-c2ccccc2)n1. The molecule has 2 aromatic rings. The van der Waals surface area contributed by atoms with Gasteiger partial charge in [0.15, 0.2) is 5.82 Å². The van der Waals surface area contributed by atoms with Crippen LogP contribution in [0.3, 0.4) is 0 Å². The molecule has 4 heteroatoms. The molecule has 1 N–H and O–H groups in total. The quantitative estimate of drug-likeness (QED) is 0.895. The third-order valence-electron chi connectivity index (χ3n) is 2.56. The van der Waals surface area contributed by atoms with Gasteiger partial charge in [-0.3, -0.25) is 0 Å². The summed E-state index contributed by atoms with van der Waals surface area (Å²) in [7, 11) is 3.96. The van der Waals surface area contributed by atoms with Gasteiger partial charge >= 0.3 is 0 Å². The third-order valence-corrected chi connectivity index (χ3v) is 2.56. The van der Waals surface area contributed by atoms with Crippen LogP contribution in [0.1, 0.15) is 6.92 Å². The van der Waals surface area contributed by atoms with E-state index in [4.69, 9.17) is 0 Å². The fourth-order valence-electron chi connectivity index (χ4n) is 1.65. The van der Waals surface area contributed by atoms with Crippen molar-refractivity contribution in [2.75, 3.05) is 30.9 Å². The van der Waals surface area contributed by atoms with Gasteiger partial charge in [0, 0.05) is 32.3 Å². The summed E-state index contributed by atoms with van der Waals surface area (Å²) in [5.74, 6) is 2.51. The van der Waals surface area contributed by atoms with Gasteiger partial charge in [-0.15, -0.1) is 0 Å². The number of hydrogen-bond donors (Lipinski definition) is 1. The van der Waals surface area contributed by atoms with Gasteiger partial charge in [-0.1, -0.05) is 30.3 Å². The standard InChI is InChI=1S/C14H18N4/c1-4-15-12-10-13(18(2)3)17-14(16-12)11-8-6-5-7-9-11/h5-10H,4H2,1-3H3,(H,15,16,17). The van der Waals surface area contributed by atoms with E-state index in [1.54, 1.807) is 0 Å². The summed E-state index contributed by atoms with van der Waals surface area (Å²) in [6.45, 7) is 2.90. The Kier molecular flexibility index (Phi) is 3.77. The number of anilines is 2. The van der Waals surface area contributed by atoms with Crippen molar-refractivity contribution in [3.05, 3.63) is 36.4 Å². The molecule has 0 amide bonds. The second-order valence-corrected chi connectivity index (χ2v) is 4.23. The Morgan fingerprint density at radius 2 is 1.83 bits per heavy atom. The van der Waals surface area contributed by atoms with E-state index in [9.17, 15) is 0 Å². The predicted octanol–water partition coefficient (Wildman–Crippen LogP) is 2.64. The second kappa shape index (κ2) is 5.49. The first kappa shape index (κ1) is 12.4. The van der Waals surface area contributed by atoms with E-state index in [1.165, 1.54) is 0 Å². The minimum absolute atomic E-state index is 0.748. The molecule has 0 spiro atoms. The fraction of sp³-hybridized carbons (Fsp3) is 0.286. The summed E-state index contributed by atoms with van der Waals surface area (Å²) < 4.78 is 0. The van der Waals surface area contributed by atoms with Crippen LogP contribution in [-0.4, -0.2) is 30.6 Å². The lowest BCUT2D eigenvalue weighted by Gasteiger charge is -2.14. The first-order chi connectivity index (χ1) is 8.70. The van der Waals surface area contributed by atoms with Gasteiger partial charge in [0.2, 0.25) is 0 Å². The van der Waals surface area contributed by atoms with E-state index in [2.05, 4.69) is 22.2 Å². The normalized spacial score (nSPS) is 10.2. The van der Waals surface area contributed by atoms with Gasteiger partial charge in [0.05, 0.1) is 0 Å². The minimum atomic E-state index is 0.748. The number of rotatable bonds is 4. The minimum Gasteiger partial charge on any atom is -0.370 e. The van der Waals surface area contributed by atoms with Crippen molar-refractivity contribution in [2.24, 2.45) is 0 Å². The number of aromatic nitrogens is 2. The molecule has 94 valence electrons. The van der Waals surface area contributed by atoms with Gasteiger partial charge in [-0.2, -0.15) is 0 Å². The molecular formula is C14H18N4. The second-order valence-electron chi connectivity index (χ2n) is 4.23. The molecule has 0 saturated heterocycles. The largest absolute Gasteiger partial charge is 0.370 e. The molecule has 1 aromatic carbocycles. The lowest BCUT2D eigenvalue weighted by atomic mass is 10.2. The zero-order valence-electron chi connectivity index (χ0n) is 11.0. The molecule has 0 atom stereocenters. The maximum absolute atomic E-state index is 4.56. The van der Waals surface area contributed by atoms with Gasteiger partial charge in [0.1, 0.15) is 11.6 Å². The summed E-state index contributed by atoms with van der Waals surface area (Å²) >= 11 is 0. The van der Waals surface area contributed by atoms with Crippen molar-refractivity contribution in [2.45, 2.75) is 6.92 Å². The maximum Gasteiger partial charge on any atom is 0.163 e. The topological polar surface area (TPSA) is 41.0 Å². The first-order valence-corrected chi connectivity index (χ1v) is 6.06. The van der Waals surface area contributed by atoms with Crippen molar-refractivity contribution >= 4 is 11.6 Å². The predicted molar refractivity (Wildman–Crippen MR) is 76.0 cm³/mol. The van der Waals surface area contributed by atoms with Gasteiger partial charge in [-0.25, -0.2) is 9.97 Å². The highest BCUT2D eigenvalue weighted by Gasteiger charge is 2.07. The van der Waals surface area contributed by atoms with Crippen molar-refractivity contribution in [3.63, 3.8) is 0 Å². The molecule has 18 heavy (non-hydrogen) atoms. The average molecular weight is 242 g/mol. The molecule has 1 aromatic heterocycles. The summed E-state index contributed by atoms with van der Waals surface area (Å²) in [5, 5.41) is 3.24. The van der Waals surface area contributed by atoms with Crippen LogP contribution in [0.4, 0.5) is 11.6 Å². The van der Waals surface area contributed by atoms with E-state index in [0.717, 1.165) is 29.6 Å². The Bertz CT molecular complexity index is 508. The number of hydrogen-bond acceptors (Lipinski definition) is 4. The highest BCUT2D eigenvalue weighted by molar-refractivity contribution is 5.61. The van der Waals surface area contributed by atoms with Crippen LogP contribution < -0.4 is 10.2 Å². The molecule has 0 bridgehead atoms. The molecule has 0 radical (unpaired) electrons. The Hall–Kier alpha value is -2.10. The van der Waals surface area contributed by atoms with Crippen LogP contribution in [0.5, 0.6) is 0 Å². The van der Waals surface area contributed by atoms with Crippen LogP contribution in [0.15, 0.2) is 36.4 Å². The van der Waals surface area contributed by atoms with Gasteiger partial charge < -0.3 is 10.2 Å². The molecule has 0 saturated carbocycles. The number of benzene rings is 1. The summed E-state index contributed by atoms with van der Waals surface area (Å²) in [6, 6.07) is 12.0. The Morgan fingerprint density at radius 3 is 2.44 bits per heavy atom. The number of nitrogens with one attached hydrogen (secondary N) is 1. The van der Waals surface area contributed by atoms with Crippen LogP contribution >= 0.6 is 0 Å². The molecule has 2 rings (SSSR count). The van der Waals surface area contributed by atoms with Crippen LogP contribution in [0.2, 0.25) is 0 Å². The van der Waals surface area contributed by atoms with Crippen LogP contribution in [0, 0.1) is 0 Å². The molecule has 0 aliphatic carbocycles. The molecule has 4 nitrogen and oxygen atoms in total. The molecule has 0 fully saturated rings. The lowest BCUT2D eigenvalue weighted by Crippen LogP contribution is -2.13. The summed E-state index contributed by atoms with van der Waals surface area (Å²) in [5.41, 5.74) is 1.03. The van der Waals surface area contributed by atoms with E-state index < -0.39 is 0 Å². The molecule has 0 aliphatic rings. The van der Waals surface area contributed by atoms with E-state index in [1.807, 2.05) is 55.4 Å². The zero-order chi connectivity index (χ0) is 13.0. The zero-order valence-corrected chi connectivity index (χ0v) is 11.0. The first-order valence-electron chi connectivity index (χ1n) is 6.06. The molecule has 1 heterocycles. The molecule has 0 unspecified atom stereocenters. The Balaban J connectivity index is 2.46. The van der Waals surface area contributed by atoms with Crippen molar-refractivity contribution in [1.29, 1.82) is 0 Å². The number of nitrogens with zero attached hydrogens (tertiary/aromatic N) is 3. The summed E-state index contributed by atoms with van der Waals surface area (Å²) in [6.07, 6.45) is 0. The highest BCUT2D eigenvalue weighted by Crippen LogP contribution is 2.21. The van der Waals surface area contributed by atoms with Gasteiger partial charge in [0.25, 0.3) is 0 Å². The molecular weight excluding hydrogens is 224 g/mol. The lowest BCUT2D eigenvalue weighted by molar-refractivity contribution is 1.03. The Morgan fingerprint density at radius 1 is 1.11 bits per heavy atom. The fourth-order valence-corrected chi connectivity index (χ4v) is 1.65. The van der Waals surface area contributed by atoms with Gasteiger partial charge in [-0.05, 0) is 6.92 Å². The smallest absolute Gasteiger partial charge is 0.163 e. The Labute approximate surface area is 108 Å². The van der Waals surface area contributed by atoms with Crippen molar-refractivity contribution in [1.82, 2.24) is 9.97 Å².